The second-order valence-corrected chi connectivity index (χ2v) is 5.42. The fraction of sp³-hybridized carbons (Fsp3) is 0.562. The first kappa shape index (κ1) is 16.3. The van der Waals surface area contributed by atoms with Crippen LogP contribution in [0.2, 0.25) is 0 Å². The number of carbonyl (C=O) groups excluding carboxylic acids is 1. The molecule has 1 amide bonds. The van der Waals surface area contributed by atoms with E-state index in [2.05, 4.69) is 5.32 Å². The molecule has 1 aliphatic rings. The highest BCUT2D eigenvalue weighted by Gasteiger charge is 2.14. The van der Waals surface area contributed by atoms with Crippen molar-refractivity contribution in [3.05, 3.63) is 35.4 Å². The van der Waals surface area contributed by atoms with Gasteiger partial charge in [-0.15, -0.1) is 11.6 Å². The van der Waals surface area contributed by atoms with Gasteiger partial charge >= 0.3 is 0 Å². The van der Waals surface area contributed by atoms with Gasteiger partial charge in [0.1, 0.15) is 0 Å². The molecule has 0 aromatic heterocycles. The van der Waals surface area contributed by atoms with Crippen LogP contribution in [0.3, 0.4) is 0 Å². The van der Waals surface area contributed by atoms with E-state index in [0.29, 0.717) is 31.2 Å². The van der Waals surface area contributed by atoms with Crippen molar-refractivity contribution >= 4 is 17.5 Å². The van der Waals surface area contributed by atoms with Crippen molar-refractivity contribution in [3.8, 4) is 0 Å². The molecule has 2 rings (SSSR count). The average Bonchev–Trinajstić information content (AvgIpc) is 3.04. The summed E-state index contributed by atoms with van der Waals surface area (Å²) in [5.41, 5.74) is 1.60. The number of ether oxygens (including phenoxy) is 2. The number of amides is 1. The van der Waals surface area contributed by atoms with E-state index in [0.717, 1.165) is 31.4 Å². The Kier molecular flexibility index (Phi) is 7.00. The molecule has 0 spiro atoms. The number of hydrogen-bond donors (Lipinski definition) is 1. The van der Waals surface area contributed by atoms with Crippen molar-refractivity contribution in [2.24, 2.45) is 0 Å². The molecule has 0 saturated carbocycles. The Bertz CT molecular complexity index is 447. The molecule has 0 bridgehead atoms. The highest BCUT2D eigenvalue weighted by molar-refractivity contribution is 6.17. The summed E-state index contributed by atoms with van der Waals surface area (Å²) >= 11 is 5.76. The summed E-state index contributed by atoms with van der Waals surface area (Å²) in [6.07, 6.45) is 3.28. The third kappa shape index (κ3) is 5.65. The molecule has 4 nitrogen and oxygen atoms in total. The smallest absolute Gasteiger partial charge is 0.251 e. The minimum absolute atomic E-state index is 0.0684. The van der Waals surface area contributed by atoms with Gasteiger partial charge in [0, 0.05) is 31.2 Å². The minimum atomic E-state index is -0.0684. The third-order valence-electron chi connectivity index (χ3n) is 3.42. The van der Waals surface area contributed by atoms with Gasteiger partial charge in [-0.05, 0) is 37.0 Å². The first-order valence-corrected chi connectivity index (χ1v) is 7.95. The predicted octanol–water partition coefficient (Wildman–Crippen LogP) is 2.74. The molecule has 0 radical (unpaired) electrons. The molecule has 116 valence electrons. The Morgan fingerprint density at radius 2 is 2.38 bits per heavy atom. The Labute approximate surface area is 130 Å². The van der Waals surface area contributed by atoms with Gasteiger partial charge in [0.15, 0.2) is 0 Å². The Morgan fingerprint density at radius 1 is 1.48 bits per heavy atom. The molecular weight excluding hydrogens is 290 g/mol. The van der Waals surface area contributed by atoms with Gasteiger partial charge in [-0.25, -0.2) is 0 Å². The number of carbonyl (C=O) groups is 1. The number of halogens is 1. The van der Waals surface area contributed by atoms with Crippen LogP contribution >= 0.6 is 11.6 Å². The minimum Gasteiger partial charge on any atom is -0.379 e. The van der Waals surface area contributed by atoms with Crippen molar-refractivity contribution in [2.75, 3.05) is 26.4 Å². The van der Waals surface area contributed by atoms with E-state index in [4.69, 9.17) is 21.1 Å². The topological polar surface area (TPSA) is 47.6 Å². The number of benzene rings is 1. The maximum atomic E-state index is 11.9. The van der Waals surface area contributed by atoms with Gasteiger partial charge in [0.05, 0.1) is 12.7 Å². The SMILES string of the molecule is O=C(NCCCOCC1CCCO1)c1cccc(CCl)c1. The molecule has 1 aliphatic heterocycles. The summed E-state index contributed by atoms with van der Waals surface area (Å²) in [6.45, 7) is 2.76. The van der Waals surface area contributed by atoms with Gasteiger partial charge in [-0.2, -0.15) is 0 Å². The fourth-order valence-corrected chi connectivity index (χ4v) is 2.43. The van der Waals surface area contributed by atoms with Crippen LogP contribution in [0.5, 0.6) is 0 Å². The number of rotatable bonds is 8. The standard InChI is InChI=1S/C16H22ClNO3/c17-11-13-4-1-5-14(10-13)16(19)18-7-3-8-20-12-15-6-2-9-21-15/h1,4-5,10,15H,2-3,6-9,11-12H2,(H,18,19). The largest absolute Gasteiger partial charge is 0.379 e. The summed E-state index contributed by atoms with van der Waals surface area (Å²) in [6, 6.07) is 7.36. The Hall–Kier alpha value is -1.10. The van der Waals surface area contributed by atoms with Gasteiger partial charge in [0.25, 0.3) is 5.91 Å². The summed E-state index contributed by atoms with van der Waals surface area (Å²) in [5.74, 6) is 0.346. The zero-order valence-corrected chi connectivity index (χ0v) is 12.9. The van der Waals surface area contributed by atoms with Crippen molar-refractivity contribution in [2.45, 2.75) is 31.2 Å². The molecule has 21 heavy (non-hydrogen) atoms. The maximum Gasteiger partial charge on any atom is 0.251 e. The van der Waals surface area contributed by atoms with E-state index in [1.165, 1.54) is 0 Å². The van der Waals surface area contributed by atoms with E-state index in [-0.39, 0.29) is 12.0 Å². The monoisotopic (exact) mass is 311 g/mol. The predicted molar refractivity (Wildman–Crippen MR) is 82.7 cm³/mol. The zero-order chi connectivity index (χ0) is 14.9. The molecule has 5 heteroatoms. The quantitative estimate of drug-likeness (QED) is 0.593. The van der Waals surface area contributed by atoms with Crippen molar-refractivity contribution in [1.29, 1.82) is 0 Å². The van der Waals surface area contributed by atoms with Crippen molar-refractivity contribution < 1.29 is 14.3 Å². The molecule has 1 atom stereocenters. The van der Waals surface area contributed by atoms with Gasteiger partial charge < -0.3 is 14.8 Å². The number of alkyl halides is 1. The summed E-state index contributed by atoms with van der Waals surface area (Å²) < 4.78 is 11.0. The molecular formula is C16H22ClNO3. The van der Waals surface area contributed by atoms with E-state index < -0.39 is 0 Å². The number of hydrogen-bond acceptors (Lipinski definition) is 3. The number of nitrogens with one attached hydrogen (secondary N) is 1. The summed E-state index contributed by atoms with van der Waals surface area (Å²) in [7, 11) is 0. The lowest BCUT2D eigenvalue weighted by Crippen LogP contribution is -2.25. The lowest BCUT2D eigenvalue weighted by Gasteiger charge is -2.10. The van der Waals surface area contributed by atoms with E-state index in [1.54, 1.807) is 6.07 Å². The van der Waals surface area contributed by atoms with Crippen LogP contribution in [0.15, 0.2) is 24.3 Å². The second kappa shape index (κ2) is 9.03. The van der Waals surface area contributed by atoms with Crippen molar-refractivity contribution in [3.63, 3.8) is 0 Å². The molecule has 1 aromatic carbocycles. The summed E-state index contributed by atoms with van der Waals surface area (Å²) in [5, 5.41) is 2.89. The van der Waals surface area contributed by atoms with Gasteiger partial charge in [-0.3, -0.25) is 4.79 Å². The highest BCUT2D eigenvalue weighted by atomic mass is 35.5. The van der Waals surface area contributed by atoms with E-state index in [9.17, 15) is 4.79 Å². The van der Waals surface area contributed by atoms with E-state index in [1.807, 2.05) is 18.2 Å². The van der Waals surface area contributed by atoms with Crippen molar-refractivity contribution in [1.82, 2.24) is 5.32 Å². The molecule has 0 aliphatic carbocycles. The second-order valence-electron chi connectivity index (χ2n) is 5.15. The van der Waals surface area contributed by atoms with Crippen LogP contribution < -0.4 is 5.32 Å². The zero-order valence-electron chi connectivity index (χ0n) is 12.1. The Balaban J connectivity index is 1.58. The molecule has 1 saturated heterocycles. The van der Waals surface area contributed by atoms with Crippen LogP contribution in [-0.4, -0.2) is 38.4 Å². The Morgan fingerprint density at radius 3 is 3.14 bits per heavy atom. The molecule has 1 aromatic rings. The highest BCUT2D eigenvalue weighted by Crippen LogP contribution is 2.12. The van der Waals surface area contributed by atoms with Gasteiger partial charge in [-0.1, -0.05) is 12.1 Å². The molecule has 1 unspecified atom stereocenters. The van der Waals surface area contributed by atoms with Crippen LogP contribution in [0.1, 0.15) is 35.2 Å². The van der Waals surface area contributed by atoms with Crippen LogP contribution in [0.4, 0.5) is 0 Å². The fourth-order valence-electron chi connectivity index (χ4n) is 2.26. The third-order valence-corrected chi connectivity index (χ3v) is 3.73. The normalized spacial score (nSPS) is 17.9. The van der Waals surface area contributed by atoms with E-state index >= 15 is 0 Å². The van der Waals surface area contributed by atoms with Gasteiger partial charge in [0.2, 0.25) is 0 Å². The lowest BCUT2D eigenvalue weighted by molar-refractivity contribution is 0.0166. The first-order valence-electron chi connectivity index (χ1n) is 7.42. The average molecular weight is 312 g/mol. The van der Waals surface area contributed by atoms with Crippen LogP contribution in [0.25, 0.3) is 0 Å². The maximum absolute atomic E-state index is 11.9. The summed E-state index contributed by atoms with van der Waals surface area (Å²) in [4.78, 5) is 11.9. The molecule has 1 N–H and O–H groups in total. The first-order chi connectivity index (χ1) is 10.3. The lowest BCUT2D eigenvalue weighted by atomic mass is 10.1. The molecule has 1 heterocycles. The van der Waals surface area contributed by atoms with Crippen LogP contribution in [0, 0.1) is 0 Å². The molecule has 1 fully saturated rings. The van der Waals surface area contributed by atoms with Crippen LogP contribution in [-0.2, 0) is 15.4 Å².